The monoisotopic (exact) mass is 231 g/mol. The molecule has 0 fully saturated rings. The molecule has 17 heavy (non-hydrogen) atoms. The number of aliphatic hydroxyl groups is 1. The van der Waals surface area contributed by atoms with Crippen molar-refractivity contribution in [2.24, 2.45) is 0 Å². The average molecular weight is 231 g/mol. The van der Waals surface area contributed by atoms with Crippen LogP contribution in [0.4, 0.5) is 0 Å². The van der Waals surface area contributed by atoms with Crippen molar-refractivity contribution < 1.29 is 9.84 Å². The highest BCUT2D eigenvalue weighted by Crippen LogP contribution is 2.32. The Labute approximate surface area is 102 Å². The van der Waals surface area contributed by atoms with Gasteiger partial charge in [-0.15, -0.1) is 0 Å². The van der Waals surface area contributed by atoms with E-state index in [2.05, 4.69) is 6.07 Å². The van der Waals surface area contributed by atoms with Crippen molar-refractivity contribution in [3.05, 3.63) is 29.3 Å². The Hall–Kier alpha value is -1.53. The van der Waals surface area contributed by atoms with Crippen LogP contribution in [0.2, 0.25) is 0 Å². The van der Waals surface area contributed by atoms with Crippen molar-refractivity contribution in [3.8, 4) is 11.8 Å². The fourth-order valence-electron chi connectivity index (χ4n) is 2.19. The maximum Gasteiger partial charge on any atom is 0.184 e. The molecule has 0 spiro atoms. The number of nitriles is 1. The molecule has 0 bridgehead atoms. The van der Waals surface area contributed by atoms with Crippen LogP contribution in [0.3, 0.4) is 0 Å². The van der Waals surface area contributed by atoms with E-state index in [1.165, 1.54) is 5.56 Å². The number of benzene rings is 1. The maximum atomic E-state index is 9.91. The summed E-state index contributed by atoms with van der Waals surface area (Å²) < 4.78 is 5.55. The molecule has 90 valence electrons. The lowest BCUT2D eigenvalue weighted by Crippen LogP contribution is -2.14. The van der Waals surface area contributed by atoms with Crippen LogP contribution < -0.4 is 4.74 Å². The quantitative estimate of drug-likeness (QED) is 0.870. The molecule has 2 atom stereocenters. The van der Waals surface area contributed by atoms with Gasteiger partial charge >= 0.3 is 0 Å². The van der Waals surface area contributed by atoms with E-state index in [9.17, 15) is 5.11 Å². The first-order valence-corrected chi connectivity index (χ1v) is 6.11. The van der Waals surface area contributed by atoms with Crippen LogP contribution in [-0.2, 0) is 6.42 Å². The fourth-order valence-corrected chi connectivity index (χ4v) is 2.19. The van der Waals surface area contributed by atoms with Gasteiger partial charge in [-0.25, -0.2) is 0 Å². The standard InChI is InChI=1S/C14H17NO2/c1-2-11(9-15)17-12-7-6-10-4-3-5-14(16)13(10)8-12/h6-8,11,14,16H,2-5H2,1H3/t11?,14-/m0/s1. The topological polar surface area (TPSA) is 53.2 Å². The van der Waals surface area contributed by atoms with Crippen LogP contribution in [0.15, 0.2) is 18.2 Å². The molecule has 3 heteroatoms. The van der Waals surface area contributed by atoms with Crippen LogP contribution in [0.1, 0.15) is 43.4 Å². The molecule has 1 aromatic carbocycles. The summed E-state index contributed by atoms with van der Waals surface area (Å²) in [5.74, 6) is 0.679. The largest absolute Gasteiger partial charge is 0.476 e. The van der Waals surface area contributed by atoms with E-state index in [4.69, 9.17) is 10.00 Å². The number of hydrogen-bond donors (Lipinski definition) is 1. The van der Waals surface area contributed by atoms with Gasteiger partial charge in [-0.2, -0.15) is 5.26 Å². The molecular formula is C14H17NO2. The molecule has 2 rings (SSSR count). The smallest absolute Gasteiger partial charge is 0.184 e. The van der Waals surface area contributed by atoms with E-state index in [-0.39, 0.29) is 6.10 Å². The third kappa shape index (κ3) is 2.59. The zero-order valence-electron chi connectivity index (χ0n) is 10.0. The molecule has 1 N–H and O–H groups in total. The first-order chi connectivity index (χ1) is 8.24. The predicted molar refractivity (Wildman–Crippen MR) is 64.7 cm³/mol. The first kappa shape index (κ1) is 11.9. The highest BCUT2D eigenvalue weighted by atomic mass is 16.5. The molecule has 1 aliphatic rings. The Bertz CT molecular complexity index is 436. The second kappa shape index (κ2) is 5.20. The molecule has 0 saturated heterocycles. The first-order valence-electron chi connectivity index (χ1n) is 6.11. The highest BCUT2D eigenvalue weighted by molar-refractivity contribution is 5.38. The van der Waals surface area contributed by atoms with Gasteiger partial charge in [0.25, 0.3) is 0 Å². The van der Waals surface area contributed by atoms with Gasteiger partial charge in [-0.1, -0.05) is 13.0 Å². The minimum atomic E-state index is -0.409. The van der Waals surface area contributed by atoms with Crippen molar-refractivity contribution in [2.75, 3.05) is 0 Å². The van der Waals surface area contributed by atoms with E-state index in [0.717, 1.165) is 24.8 Å². The van der Waals surface area contributed by atoms with Gasteiger partial charge in [0.05, 0.1) is 6.10 Å². The summed E-state index contributed by atoms with van der Waals surface area (Å²) in [6.45, 7) is 1.92. The minimum absolute atomic E-state index is 0.385. The summed E-state index contributed by atoms with van der Waals surface area (Å²) in [5.41, 5.74) is 2.16. The molecule has 1 aliphatic carbocycles. The average Bonchev–Trinajstić information content (AvgIpc) is 2.37. The second-order valence-electron chi connectivity index (χ2n) is 4.41. The van der Waals surface area contributed by atoms with Crippen LogP contribution in [0.5, 0.6) is 5.75 Å². The van der Waals surface area contributed by atoms with Gasteiger partial charge < -0.3 is 9.84 Å². The summed E-state index contributed by atoms with van der Waals surface area (Å²) in [6.07, 6.45) is 2.73. The fraction of sp³-hybridized carbons (Fsp3) is 0.500. The summed E-state index contributed by atoms with van der Waals surface area (Å²) in [5, 5.41) is 18.8. The predicted octanol–water partition coefficient (Wildman–Crippen LogP) is 2.74. The second-order valence-corrected chi connectivity index (χ2v) is 4.41. The van der Waals surface area contributed by atoms with E-state index in [1.807, 2.05) is 25.1 Å². The molecule has 0 saturated carbocycles. The van der Waals surface area contributed by atoms with Crippen molar-refractivity contribution >= 4 is 0 Å². The van der Waals surface area contributed by atoms with Crippen LogP contribution in [0, 0.1) is 11.3 Å². The maximum absolute atomic E-state index is 9.91. The Kier molecular flexibility index (Phi) is 3.65. The molecule has 1 aromatic rings. The molecular weight excluding hydrogens is 214 g/mol. The molecule has 0 heterocycles. The van der Waals surface area contributed by atoms with Gasteiger partial charge in [-0.3, -0.25) is 0 Å². The van der Waals surface area contributed by atoms with E-state index in [1.54, 1.807) is 0 Å². The third-order valence-electron chi connectivity index (χ3n) is 3.19. The van der Waals surface area contributed by atoms with Gasteiger partial charge in [0.15, 0.2) is 6.10 Å². The van der Waals surface area contributed by atoms with Gasteiger partial charge in [0.2, 0.25) is 0 Å². The number of hydrogen-bond acceptors (Lipinski definition) is 3. The lowest BCUT2D eigenvalue weighted by Gasteiger charge is -2.22. The number of fused-ring (bicyclic) bond motifs is 1. The van der Waals surface area contributed by atoms with Crippen molar-refractivity contribution in [3.63, 3.8) is 0 Å². The minimum Gasteiger partial charge on any atom is -0.476 e. The highest BCUT2D eigenvalue weighted by Gasteiger charge is 2.19. The normalized spacial score (nSPS) is 20.2. The molecule has 0 radical (unpaired) electrons. The van der Waals surface area contributed by atoms with Crippen LogP contribution in [-0.4, -0.2) is 11.2 Å². The number of nitrogens with zero attached hydrogens (tertiary/aromatic N) is 1. The summed E-state index contributed by atoms with van der Waals surface area (Å²) in [4.78, 5) is 0. The number of ether oxygens (including phenoxy) is 1. The Morgan fingerprint density at radius 3 is 3.12 bits per heavy atom. The van der Waals surface area contributed by atoms with Crippen molar-refractivity contribution in [1.29, 1.82) is 5.26 Å². The third-order valence-corrected chi connectivity index (χ3v) is 3.19. The van der Waals surface area contributed by atoms with E-state index in [0.29, 0.717) is 12.2 Å². The summed E-state index contributed by atoms with van der Waals surface area (Å²) in [6, 6.07) is 7.86. The van der Waals surface area contributed by atoms with Gasteiger partial charge in [-0.05, 0) is 48.9 Å². The van der Waals surface area contributed by atoms with Crippen molar-refractivity contribution in [2.45, 2.75) is 44.8 Å². The zero-order valence-corrected chi connectivity index (χ0v) is 10.0. The van der Waals surface area contributed by atoms with Gasteiger partial charge in [0.1, 0.15) is 11.8 Å². The summed E-state index contributed by atoms with van der Waals surface area (Å²) >= 11 is 0. The number of aryl methyl sites for hydroxylation is 1. The van der Waals surface area contributed by atoms with Gasteiger partial charge in [0, 0.05) is 0 Å². The Balaban J connectivity index is 2.21. The van der Waals surface area contributed by atoms with Crippen LogP contribution in [0.25, 0.3) is 0 Å². The number of rotatable bonds is 3. The van der Waals surface area contributed by atoms with E-state index < -0.39 is 6.10 Å². The molecule has 0 amide bonds. The SMILES string of the molecule is CCC(C#N)Oc1ccc2c(c1)[C@@H](O)CCC2. The molecule has 0 aromatic heterocycles. The Morgan fingerprint density at radius 2 is 2.41 bits per heavy atom. The van der Waals surface area contributed by atoms with E-state index >= 15 is 0 Å². The molecule has 0 aliphatic heterocycles. The Morgan fingerprint density at radius 1 is 1.59 bits per heavy atom. The molecule has 3 nitrogen and oxygen atoms in total. The van der Waals surface area contributed by atoms with Crippen LogP contribution >= 0.6 is 0 Å². The molecule has 1 unspecified atom stereocenters. The zero-order chi connectivity index (χ0) is 12.3. The van der Waals surface area contributed by atoms with Crippen molar-refractivity contribution in [1.82, 2.24) is 0 Å². The number of aliphatic hydroxyl groups excluding tert-OH is 1. The summed E-state index contributed by atoms with van der Waals surface area (Å²) in [7, 11) is 0. The lowest BCUT2D eigenvalue weighted by atomic mass is 9.89. The lowest BCUT2D eigenvalue weighted by molar-refractivity contribution is 0.155.